The molecule has 8 aromatic heterocycles. The van der Waals surface area contributed by atoms with Crippen LogP contribution in [0.25, 0.3) is 71.5 Å². The van der Waals surface area contributed by atoms with E-state index in [1.165, 1.54) is 103 Å². The van der Waals surface area contributed by atoms with Gasteiger partial charge >= 0.3 is 0 Å². The number of aromatic nitrogens is 4. The van der Waals surface area contributed by atoms with E-state index >= 15 is 0 Å². The third-order valence-electron chi connectivity index (χ3n) is 17.3. The molecule has 0 amide bonds. The van der Waals surface area contributed by atoms with Gasteiger partial charge in [0.25, 0.3) is 0 Å². The van der Waals surface area contributed by atoms with E-state index in [9.17, 15) is 0 Å². The van der Waals surface area contributed by atoms with Crippen LogP contribution >= 0.6 is 91.8 Å². The lowest BCUT2D eigenvalue weighted by Gasteiger charge is -2.24. The smallest absolute Gasteiger partial charge is 0.0956 e. The minimum atomic E-state index is 0.830. The van der Waals surface area contributed by atoms with Crippen LogP contribution in [0.2, 0.25) is 18.0 Å². The Balaban J connectivity index is 0.000000110. The number of nitrogens with zero attached hydrogens (tertiary/aromatic N) is 8. The van der Waals surface area contributed by atoms with Gasteiger partial charge in [0.1, 0.15) is 0 Å². The summed E-state index contributed by atoms with van der Waals surface area (Å²) in [5.41, 5.74) is 22.3. The van der Waals surface area contributed by atoms with Gasteiger partial charge in [-0.15, -0.1) is 45.3 Å². The van der Waals surface area contributed by atoms with Crippen molar-refractivity contribution in [2.75, 3.05) is 54.4 Å². The Kier molecular flexibility index (Phi) is 19.3. The Hall–Kier alpha value is -6.38. The van der Waals surface area contributed by atoms with Crippen molar-refractivity contribution >= 4 is 163 Å². The Morgan fingerprint density at radius 2 is 0.911 bits per heavy atom. The average Bonchev–Trinajstić information content (AvgIpc) is 1.65. The Labute approximate surface area is 563 Å². The highest BCUT2D eigenvalue weighted by Gasteiger charge is 2.28. The Bertz CT molecular complexity index is 4550. The summed E-state index contributed by atoms with van der Waals surface area (Å²) in [6.07, 6.45) is 17.5. The molecule has 12 heterocycles. The predicted molar refractivity (Wildman–Crippen MR) is 392 cm³/mol. The summed E-state index contributed by atoms with van der Waals surface area (Å²) in [6, 6.07) is 49.1. The highest BCUT2D eigenvalue weighted by atomic mass is 35.5. The molecular formula is C74H70Cl4N8S4. The summed E-state index contributed by atoms with van der Waals surface area (Å²) in [4.78, 5) is 9.49. The molecule has 8 nitrogen and oxygen atoms in total. The van der Waals surface area contributed by atoms with Crippen LogP contribution in [-0.4, -0.2) is 92.2 Å². The Morgan fingerprint density at radius 3 is 1.43 bits per heavy atom. The van der Waals surface area contributed by atoms with Crippen LogP contribution < -0.4 is 0 Å². The first-order chi connectivity index (χ1) is 43.8. The van der Waals surface area contributed by atoms with Crippen LogP contribution in [0.15, 0.2) is 145 Å². The number of fused-ring (bicyclic) bond motifs is 12. The molecular weight excluding hydrogens is 1270 g/mol. The molecule has 16 heteroatoms. The number of likely N-dealkylation sites (N-methyl/N-ethyl adjacent to an activating group) is 4. The normalized spacial score (nSPS) is 15.4. The molecule has 0 saturated carbocycles. The fourth-order valence-electron chi connectivity index (χ4n) is 12.9. The molecule has 0 atom stereocenters. The molecule has 0 spiro atoms. The van der Waals surface area contributed by atoms with Crippen LogP contribution in [0.1, 0.15) is 72.8 Å². The van der Waals surface area contributed by atoms with E-state index in [4.69, 9.17) is 46.4 Å². The summed E-state index contributed by atoms with van der Waals surface area (Å²) in [5.74, 6) is 3.27. The van der Waals surface area contributed by atoms with Gasteiger partial charge in [0, 0.05) is 159 Å². The van der Waals surface area contributed by atoms with Crippen molar-refractivity contribution in [3.8, 4) is 12.0 Å². The van der Waals surface area contributed by atoms with Gasteiger partial charge in [-0.3, -0.25) is 4.57 Å². The number of thiophene rings is 4. The van der Waals surface area contributed by atoms with Gasteiger partial charge in [0.15, 0.2) is 0 Å². The van der Waals surface area contributed by atoms with Gasteiger partial charge in [-0.1, -0.05) is 167 Å². The fourth-order valence-corrected chi connectivity index (χ4v) is 18.0. The summed E-state index contributed by atoms with van der Waals surface area (Å²) < 4.78 is 17.1. The first kappa shape index (κ1) is 62.4. The second kappa shape index (κ2) is 27.8. The number of benzene rings is 4. The summed E-state index contributed by atoms with van der Waals surface area (Å²) in [7, 11) is 8.72. The predicted octanol–water partition coefficient (Wildman–Crippen LogP) is 19.5. The van der Waals surface area contributed by atoms with Gasteiger partial charge in [-0.2, -0.15) is 0 Å². The first-order valence-electron chi connectivity index (χ1n) is 30.5. The molecule has 0 fully saturated rings. The van der Waals surface area contributed by atoms with Crippen LogP contribution in [0.3, 0.4) is 0 Å². The molecule has 4 aliphatic heterocycles. The number of aryl methyl sites for hydroxylation is 1. The van der Waals surface area contributed by atoms with E-state index < -0.39 is 0 Å². The second-order valence-electron chi connectivity index (χ2n) is 23.8. The minimum absolute atomic E-state index is 0.830. The zero-order chi connectivity index (χ0) is 62.0. The maximum atomic E-state index is 6.50. The molecule has 90 heavy (non-hydrogen) atoms. The van der Waals surface area contributed by atoms with Crippen molar-refractivity contribution in [3.05, 3.63) is 236 Å². The quantitative estimate of drug-likeness (QED) is 0.149. The number of halogens is 4. The molecule has 0 aliphatic carbocycles. The largest absolute Gasteiger partial charge is 0.338 e. The number of hydrogen-bond acceptors (Lipinski definition) is 8. The fraction of sp³-hybridized carbons (Fsp3) is 0.243. The van der Waals surface area contributed by atoms with E-state index in [-0.39, 0.29) is 0 Å². The van der Waals surface area contributed by atoms with Crippen molar-refractivity contribution < 1.29 is 0 Å². The monoisotopic (exact) mass is 1340 g/mol. The van der Waals surface area contributed by atoms with Gasteiger partial charge in [0.05, 0.1) is 58.9 Å². The van der Waals surface area contributed by atoms with Gasteiger partial charge in [-0.05, 0) is 100 Å². The zero-order valence-electron chi connectivity index (χ0n) is 51.2. The van der Waals surface area contributed by atoms with Crippen LogP contribution in [0, 0.1) is 18.9 Å². The molecule has 0 saturated heterocycles. The third kappa shape index (κ3) is 13.6. The van der Waals surface area contributed by atoms with Gasteiger partial charge in [0.2, 0.25) is 0 Å². The summed E-state index contributed by atoms with van der Waals surface area (Å²) in [6.45, 7) is 11.4. The first-order valence-corrected chi connectivity index (χ1v) is 35.4. The van der Waals surface area contributed by atoms with E-state index in [0.717, 1.165) is 114 Å². The van der Waals surface area contributed by atoms with Crippen molar-refractivity contribution in [2.24, 2.45) is 0 Å². The number of rotatable bonds is 7. The van der Waals surface area contributed by atoms with Crippen molar-refractivity contribution in [1.29, 1.82) is 0 Å². The number of hydrogen-bond donors (Lipinski definition) is 0. The van der Waals surface area contributed by atoms with Crippen molar-refractivity contribution in [1.82, 2.24) is 37.9 Å². The Morgan fingerprint density at radius 1 is 0.467 bits per heavy atom. The van der Waals surface area contributed by atoms with Crippen LogP contribution in [0.4, 0.5) is 0 Å². The lowest BCUT2D eigenvalue weighted by Crippen LogP contribution is -2.27. The van der Waals surface area contributed by atoms with Crippen LogP contribution in [0.5, 0.6) is 0 Å². The lowest BCUT2D eigenvalue weighted by molar-refractivity contribution is 0.310. The molecule has 0 N–H and O–H groups in total. The van der Waals surface area contributed by atoms with Crippen LogP contribution in [-0.2, 0) is 58.4 Å². The molecule has 458 valence electrons. The second-order valence-corrected chi connectivity index (χ2v) is 30.1. The molecule has 12 aromatic rings. The standard InChI is InChI=1S/C20H21ClN2S.2C18H17ClN2S.C18H15ClN2S/c1-14-5-3-6-15(11-14)7-4-9-23-18-8-10-22(2)12-16(18)20-19(23)17(21)13-24-20;3*1-20-9-8-15-14(12-20)18-16(11-17(19)22-18)21(15)10-7-13-5-3-2-4-6-13/h3-7,11,13H,8-10,12H2,1-2H3;2*2-7,10-11H,8-9,12H2,1H3;2-6,11H,8-9,12H2,1H3/b7-4+;10-7+;10-7-;. The molecule has 0 unspecified atom stereocenters. The molecule has 16 rings (SSSR count). The molecule has 4 aromatic carbocycles. The summed E-state index contributed by atoms with van der Waals surface area (Å²) >= 11 is 32.1. The van der Waals surface area contributed by atoms with Crippen molar-refractivity contribution in [3.63, 3.8) is 0 Å². The summed E-state index contributed by atoms with van der Waals surface area (Å²) in [5, 5.41) is 2.96. The number of allylic oxidation sites excluding steroid dienone is 1. The lowest BCUT2D eigenvalue weighted by atomic mass is 10.1. The average molecular weight is 1340 g/mol. The van der Waals surface area contributed by atoms with E-state index in [1.807, 2.05) is 48.5 Å². The highest BCUT2D eigenvalue weighted by Crippen LogP contribution is 2.43. The topological polar surface area (TPSA) is 32.7 Å². The van der Waals surface area contributed by atoms with E-state index in [1.54, 1.807) is 45.3 Å². The zero-order valence-corrected chi connectivity index (χ0v) is 57.4. The minimum Gasteiger partial charge on any atom is -0.338 e. The van der Waals surface area contributed by atoms with E-state index in [0.29, 0.717) is 0 Å². The van der Waals surface area contributed by atoms with Gasteiger partial charge in [-0.25, -0.2) is 0 Å². The highest BCUT2D eigenvalue weighted by molar-refractivity contribution is 7.23. The maximum absolute atomic E-state index is 6.50. The molecule has 0 bridgehead atoms. The third-order valence-corrected chi connectivity index (χ3v) is 22.6. The van der Waals surface area contributed by atoms with Crippen molar-refractivity contribution in [2.45, 2.75) is 65.3 Å². The van der Waals surface area contributed by atoms with Gasteiger partial charge < -0.3 is 33.3 Å². The maximum Gasteiger partial charge on any atom is 0.0956 e. The van der Waals surface area contributed by atoms with E-state index in [2.05, 4.69) is 212 Å². The molecule has 0 radical (unpaired) electrons. The SMILES string of the molecule is CN1CCc2c(c3sc(Cl)cc3n2/C=C/c2ccccc2)C1.CN1CCc2c(c3sc(Cl)cc3n2/C=C\c2ccccc2)C1.CN1CCc2c(c3sc(Cl)cc3n2C#Cc2ccccc2)C1.Cc1cccc(/C=C/Cn2c3c(c4scc(Cl)c42)CN(C)CC3)c1. The molecule has 4 aliphatic rings.